The lowest BCUT2D eigenvalue weighted by atomic mass is 9.69. The van der Waals surface area contributed by atoms with E-state index in [0.29, 0.717) is 72.6 Å². The number of hydrogen-bond acceptors (Lipinski definition) is 7. The number of hydrogen-bond donors (Lipinski definition) is 4. The molecule has 0 bridgehead atoms. The van der Waals surface area contributed by atoms with Gasteiger partial charge in [-0.05, 0) is 84.8 Å². The first-order chi connectivity index (χ1) is 26.0. The number of halogens is 1. The highest BCUT2D eigenvalue weighted by Gasteiger charge is 2.42. The highest BCUT2D eigenvalue weighted by Crippen LogP contribution is 2.42. The number of carbonyl (C=O) groups is 2. The van der Waals surface area contributed by atoms with Gasteiger partial charge >= 0.3 is 5.97 Å². The first-order valence-corrected chi connectivity index (χ1v) is 22.4. The number of aromatic nitrogens is 1. The SMILES string of the molecule is COc1cc(C(=O)N(C)CCCc2cccc(C3(C(=O)O)CCCCC3)c2)c(Cl)cc1CNC[C@H](O[Si](C)(C)C(C)(C)C)c1ccc(O)c2[nH]c(=O)ccc12. The zero-order chi connectivity index (χ0) is 40.1. The third-order valence-electron chi connectivity index (χ3n) is 11.6. The number of H-pyrrole nitrogens is 1. The van der Waals surface area contributed by atoms with Crippen LogP contribution in [0.1, 0.15) is 98.0 Å². The number of phenols is 1. The smallest absolute Gasteiger partial charge is 0.314 e. The van der Waals surface area contributed by atoms with Gasteiger partial charge in [-0.1, -0.05) is 82.0 Å². The van der Waals surface area contributed by atoms with E-state index in [9.17, 15) is 24.6 Å². The maximum Gasteiger partial charge on any atom is 0.314 e. The number of aryl methyl sites for hydroxylation is 1. The van der Waals surface area contributed by atoms with E-state index in [0.717, 1.165) is 41.5 Å². The fourth-order valence-electron chi connectivity index (χ4n) is 7.35. The number of aliphatic carboxylic acids is 1. The maximum atomic E-state index is 13.6. The molecular weight excluding hydrogens is 734 g/mol. The van der Waals surface area contributed by atoms with Crippen molar-refractivity contribution in [1.29, 1.82) is 0 Å². The Morgan fingerprint density at radius 1 is 1.05 bits per heavy atom. The van der Waals surface area contributed by atoms with Gasteiger partial charge in [0.15, 0.2) is 8.32 Å². The van der Waals surface area contributed by atoms with E-state index in [2.05, 4.69) is 44.2 Å². The summed E-state index contributed by atoms with van der Waals surface area (Å²) in [5.74, 6) is -0.449. The Hall–Kier alpha value is -4.16. The molecule has 1 amide bonds. The zero-order valence-electron chi connectivity index (χ0n) is 33.2. The van der Waals surface area contributed by atoms with Crippen molar-refractivity contribution in [3.8, 4) is 11.5 Å². The molecule has 12 heteroatoms. The Kier molecular flexibility index (Phi) is 13.2. The number of phenolic OH excluding ortho intramolecular Hbond substituents is 1. The van der Waals surface area contributed by atoms with Crippen molar-refractivity contribution in [1.82, 2.24) is 15.2 Å². The molecule has 1 saturated carbocycles. The number of ether oxygens (including phenoxy) is 1. The second kappa shape index (κ2) is 17.3. The lowest BCUT2D eigenvalue weighted by Crippen LogP contribution is -2.43. The van der Waals surface area contributed by atoms with Crippen LogP contribution in [0.15, 0.2) is 65.5 Å². The highest BCUT2D eigenvalue weighted by molar-refractivity contribution is 6.74. The number of benzene rings is 3. The molecule has 4 aromatic rings. The Labute approximate surface area is 330 Å². The number of aromatic amines is 1. The van der Waals surface area contributed by atoms with Gasteiger partial charge in [-0.25, -0.2) is 0 Å². The molecular formula is C43H56ClN3O7Si. The van der Waals surface area contributed by atoms with E-state index >= 15 is 0 Å². The van der Waals surface area contributed by atoms with Gasteiger partial charge in [-0.15, -0.1) is 0 Å². The van der Waals surface area contributed by atoms with Gasteiger partial charge in [0.25, 0.3) is 5.91 Å². The zero-order valence-corrected chi connectivity index (χ0v) is 34.9. The normalized spacial score (nSPS) is 15.1. The Morgan fingerprint density at radius 3 is 2.45 bits per heavy atom. The number of amides is 1. The number of carboxylic acid groups (broad SMARTS) is 1. The van der Waals surface area contributed by atoms with Gasteiger partial charge in [0.1, 0.15) is 11.5 Å². The van der Waals surface area contributed by atoms with Crippen LogP contribution in [0.5, 0.6) is 11.5 Å². The number of methoxy groups -OCH3 is 1. The van der Waals surface area contributed by atoms with Crippen LogP contribution in [-0.4, -0.2) is 67.5 Å². The van der Waals surface area contributed by atoms with Crippen molar-refractivity contribution in [3.63, 3.8) is 0 Å². The topological polar surface area (TPSA) is 141 Å². The first kappa shape index (κ1) is 42.0. The molecule has 1 aromatic heterocycles. The molecule has 0 saturated heterocycles. The largest absolute Gasteiger partial charge is 0.506 e. The van der Waals surface area contributed by atoms with Crippen LogP contribution in [0.4, 0.5) is 0 Å². The molecule has 55 heavy (non-hydrogen) atoms. The second-order valence-corrected chi connectivity index (χ2v) is 21.6. The van der Waals surface area contributed by atoms with Crippen LogP contribution in [0.3, 0.4) is 0 Å². The van der Waals surface area contributed by atoms with Gasteiger partial charge < -0.3 is 34.6 Å². The van der Waals surface area contributed by atoms with Crippen LogP contribution in [0, 0.1) is 0 Å². The summed E-state index contributed by atoms with van der Waals surface area (Å²) in [6.07, 6.45) is 5.25. The third-order valence-corrected chi connectivity index (χ3v) is 16.4. The minimum atomic E-state index is -2.28. The summed E-state index contributed by atoms with van der Waals surface area (Å²) >= 11 is 6.77. The molecule has 296 valence electrons. The molecule has 0 spiro atoms. The molecule has 1 aliphatic rings. The molecule has 10 nitrogen and oxygen atoms in total. The number of aromatic hydroxyl groups is 1. The van der Waals surface area contributed by atoms with Crippen molar-refractivity contribution in [2.45, 2.75) is 102 Å². The van der Waals surface area contributed by atoms with E-state index in [4.69, 9.17) is 20.8 Å². The molecule has 3 aromatic carbocycles. The number of nitrogens with one attached hydrogen (secondary N) is 2. The summed E-state index contributed by atoms with van der Waals surface area (Å²) in [5, 5.41) is 25.2. The molecule has 4 N–H and O–H groups in total. The van der Waals surface area contributed by atoms with Crippen molar-refractivity contribution < 1.29 is 29.0 Å². The van der Waals surface area contributed by atoms with E-state index in [1.165, 1.54) is 6.07 Å². The van der Waals surface area contributed by atoms with Crippen LogP contribution in [0.25, 0.3) is 10.9 Å². The molecule has 0 unspecified atom stereocenters. The highest BCUT2D eigenvalue weighted by atomic mass is 35.5. The van der Waals surface area contributed by atoms with Crippen LogP contribution < -0.4 is 15.6 Å². The van der Waals surface area contributed by atoms with Crippen molar-refractivity contribution >= 4 is 42.7 Å². The predicted octanol–water partition coefficient (Wildman–Crippen LogP) is 8.74. The lowest BCUT2D eigenvalue weighted by molar-refractivity contribution is -0.145. The second-order valence-electron chi connectivity index (χ2n) is 16.4. The quantitative estimate of drug-likeness (QED) is 0.0877. The summed E-state index contributed by atoms with van der Waals surface area (Å²) in [4.78, 5) is 42.5. The van der Waals surface area contributed by atoms with E-state index in [-0.39, 0.29) is 22.3 Å². The fraction of sp³-hybridized carbons (Fsp3) is 0.465. The number of rotatable bonds is 15. The standard InChI is InChI=1S/C43H56ClN3O7Si/c1-42(2,3)55(6,7)54-37(31-16-18-35(48)39-32(31)17-19-38(49)46-39)27-45-26-29-24-34(44)33(25-36(29)53-5)40(50)47(4)22-12-14-28-13-11-15-30(23-28)43(41(51)52)20-9-8-10-21-43/h11,13,15-19,23-25,37,45,48H,8-10,12,14,20-22,26-27H2,1-7H3,(H,46,49)(H,51,52)/t37-/m0/s1. The van der Waals surface area contributed by atoms with Crippen LogP contribution >= 0.6 is 11.6 Å². The van der Waals surface area contributed by atoms with Crippen molar-refractivity contribution in [2.75, 3.05) is 27.2 Å². The van der Waals surface area contributed by atoms with Gasteiger partial charge in [-0.3, -0.25) is 14.4 Å². The fourth-order valence-corrected chi connectivity index (χ4v) is 8.89. The molecule has 0 aliphatic heterocycles. The number of nitrogens with zero attached hydrogens (tertiary/aromatic N) is 1. The molecule has 0 radical (unpaired) electrons. The van der Waals surface area contributed by atoms with E-state index in [1.807, 2.05) is 30.3 Å². The average molecular weight is 790 g/mol. The molecule has 1 aliphatic carbocycles. The average Bonchev–Trinajstić information content (AvgIpc) is 3.14. The summed E-state index contributed by atoms with van der Waals surface area (Å²) in [6.45, 7) is 12.2. The Bertz CT molecular complexity index is 2070. The molecule has 1 atom stereocenters. The monoisotopic (exact) mass is 789 g/mol. The number of carboxylic acids is 1. The minimum absolute atomic E-state index is 0.00902. The van der Waals surface area contributed by atoms with Gasteiger partial charge in [-0.2, -0.15) is 0 Å². The number of fused-ring (bicyclic) bond motifs is 1. The van der Waals surface area contributed by atoms with Gasteiger partial charge in [0.05, 0.1) is 34.7 Å². The minimum Gasteiger partial charge on any atom is -0.506 e. The summed E-state index contributed by atoms with van der Waals surface area (Å²) in [6, 6.07) is 18.0. The molecule has 5 rings (SSSR count). The summed E-state index contributed by atoms with van der Waals surface area (Å²) in [5.41, 5.74) is 3.15. The summed E-state index contributed by atoms with van der Waals surface area (Å²) < 4.78 is 12.7. The predicted molar refractivity (Wildman–Crippen MR) is 221 cm³/mol. The summed E-state index contributed by atoms with van der Waals surface area (Å²) in [7, 11) is 1.04. The van der Waals surface area contributed by atoms with Gasteiger partial charge in [0.2, 0.25) is 5.56 Å². The van der Waals surface area contributed by atoms with Gasteiger partial charge in [0, 0.05) is 43.7 Å². The Balaban J connectivity index is 1.27. The van der Waals surface area contributed by atoms with Crippen LogP contribution in [0.2, 0.25) is 23.2 Å². The Morgan fingerprint density at radius 2 is 1.78 bits per heavy atom. The number of carbonyl (C=O) groups excluding carboxylic acids is 1. The van der Waals surface area contributed by atoms with Crippen molar-refractivity contribution in [2.24, 2.45) is 0 Å². The molecule has 1 heterocycles. The first-order valence-electron chi connectivity index (χ1n) is 19.2. The lowest BCUT2D eigenvalue weighted by Gasteiger charge is -2.39. The number of pyridine rings is 1. The van der Waals surface area contributed by atoms with E-state index < -0.39 is 25.8 Å². The van der Waals surface area contributed by atoms with E-state index in [1.54, 1.807) is 43.3 Å². The van der Waals surface area contributed by atoms with Crippen molar-refractivity contribution in [3.05, 3.63) is 104 Å². The van der Waals surface area contributed by atoms with Crippen LogP contribution in [-0.2, 0) is 27.6 Å². The maximum absolute atomic E-state index is 13.6. The molecule has 1 fully saturated rings. The third kappa shape index (κ3) is 9.45.